The maximum atomic E-state index is 13.7. The summed E-state index contributed by atoms with van der Waals surface area (Å²) in [5.41, 5.74) is 2.68. The number of phenolic OH excluding ortho intramolecular Hbond substituents is 1. The van der Waals surface area contributed by atoms with Crippen molar-refractivity contribution in [2.75, 3.05) is 20.8 Å². The Morgan fingerprint density at radius 2 is 1.77 bits per heavy atom. The van der Waals surface area contributed by atoms with Crippen molar-refractivity contribution in [3.63, 3.8) is 0 Å². The molecule has 31 heavy (non-hydrogen) atoms. The third-order valence-electron chi connectivity index (χ3n) is 5.27. The van der Waals surface area contributed by atoms with Crippen LogP contribution in [0.15, 0.2) is 54.6 Å². The van der Waals surface area contributed by atoms with E-state index in [4.69, 9.17) is 14.2 Å². The zero-order valence-corrected chi connectivity index (χ0v) is 17.1. The monoisotopic (exact) mass is 423 g/mol. The van der Waals surface area contributed by atoms with E-state index in [9.17, 15) is 14.3 Å². The molecule has 0 saturated heterocycles. The van der Waals surface area contributed by atoms with Crippen molar-refractivity contribution in [1.82, 2.24) is 5.32 Å². The van der Waals surface area contributed by atoms with Crippen molar-refractivity contribution in [2.45, 2.75) is 12.5 Å². The molecule has 7 heteroatoms. The Morgan fingerprint density at radius 1 is 1.03 bits per heavy atom. The number of phenols is 1. The van der Waals surface area contributed by atoms with Gasteiger partial charge in [-0.05, 0) is 53.6 Å². The number of methoxy groups -OCH3 is 2. The average Bonchev–Trinajstić information content (AvgIpc) is 2.79. The van der Waals surface area contributed by atoms with Crippen LogP contribution in [0.1, 0.15) is 28.4 Å². The molecule has 1 atom stereocenters. The summed E-state index contributed by atoms with van der Waals surface area (Å²) in [6.45, 7) is 0.449. The molecule has 6 nitrogen and oxygen atoms in total. The maximum absolute atomic E-state index is 13.7. The first kappa shape index (κ1) is 20.5. The lowest BCUT2D eigenvalue weighted by atomic mass is 9.95. The fraction of sp³-hybridized carbons (Fsp3) is 0.208. The minimum absolute atomic E-state index is 0.0572. The van der Waals surface area contributed by atoms with Crippen LogP contribution in [0.4, 0.5) is 4.39 Å². The lowest BCUT2D eigenvalue weighted by Crippen LogP contribution is -2.32. The first-order valence-corrected chi connectivity index (χ1v) is 9.78. The Morgan fingerprint density at radius 3 is 2.55 bits per heavy atom. The molecule has 1 unspecified atom stereocenters. The van der Waals surface area contributed by atoms with Gasteiger partial charge in [-0.15, -0.1) is 0 Å². The van der Waals surface area contributed by atoms with Crippen LogP contribution in [0.3, 0.4) is 0 Å². The highest BCUT2D eigenvalue weighted by molar-refractivity contribution is 5.97. The predicted molar refractivity (Wildman–Crippen MR) is 113 cm³/mol. The summed E-state index contributed by atoms with van der Waals surface area (Å²) < 4.78 is 29.9. The number of ether oxygens (including phenoxy) is 3. The largest absolute Gasteiger partial charge is 0.504 e. The molecule has 1 heterocycles. The number of halogens is 1. The van der Waals surface area contributed by atoms with Crippen LogP contribution in [0.2, 0.25) is 0 Å². The Labute approximate surface area is 179 Å². The number of amides is 1. The van der Waals surface area contributed by atoms with Gasteiger partial charge < -0.3 is 24.6 Å². The molecule has 0 aromatic heterocycles. The van der Waals surface area contributed by atoms with Gasteiger partial charge in [0.2, 0.25) is 0 Å². The first-order chi connectivity index (χ1) is 15.0. The van der Waals surface area contributed by atoms with E-state index in [2.05, 4.69) is 5.32 Å². The lowest BCUT2D eigenvalue weighted by Gasteiger charge is -2.27. The van der Waals surface area contributed by atoms with Crippen LogP contribution >= 0.6 is 0 Å². The molecule has 3 aromatic carbocycles. The molecular formula is C24H22FNO5. The van der Waals surface area contributed by atoms with Crippen LogP contribution in [0.5, 0.6) is 23.0 Å². The van der Waals surface area contributed by atoms with Gasteiger partial charge in [0.15, 0.2) is 11.5 Å². The Bertz CT molecular complexity index is 1130. The molecule has 0 bridgehead atoms. The number of aromatic hydroxyl groups is 1. The fourth-order valence-electron chi connectivity index (χ4n) is 3.67. The number of carbonyl (C=O) groups excluding carboxylic acids is 1. The summed E-state index contributed by atoms with van der Waals surface area (Å²) in [7, 11) is 2.93. The van der Waals surface area contributed by atoms with Gasteiger partial charge in [-0.3, -0.25) is 4.79 Å². The second-order valence-electron chi connectivity index (χ2n) is 7.15. The topological polar surface area (TPSA) is 77.0 Å². The number of rotatable bonds is 5. The molecule has 1 aliphatic heterocycles. The Kier molecular flexibility index (Phi) is 5.66. The average molecular weight is 423 g/mol. The minimum atomic E-state index is -0.512. The highest BCUT2D eigenvalue weighted by atomic mass is 19.1. The molecule has 4 rings (SSSR count). The van der Waals surface area contributed by atoms with Crippen molar-refractivity contribution in [3.8, 4) is 34.1 Å². The van der Waals surface area contributed by atoms with Crippen LogP contribution in [-0.2, 0) is 0 Å². The maximum Gasteiger partial charge on any atom is 0.255 e. The summed E-state index contributed by atoms with van der Waals surface area (Å²) in [5, 5.41) is 12.8. The van der Waals surface area contributed by atoms with Crippen LogP contribution in [0.25, 0.3) is 11.1 Å². The zero-order valence-electron chi connectivity index (χ0n) is 17.1. The molecule has 3 aromatic rings. The summed E-state index contributed by atoms with van der Waals surface area (Å²) in [4.78, 5) is 12.9. The SMILES string of the molecule is COc1cc(-c2ccc3c(c2)C(NC(=O)c2cc(F)ccc2OC)CCO3)ccc1O. The number of benzene rings is 3. The molecule has 160 valence electrons. The summed E-state index contributed by atoms with van der Waals surface area (Å²) in [5.74, 6) is 0.470. The highest BCUT2D eigenvalue weighted by Gasteiger charge is 2.25. The summed E-state index contributed by atoms with van der Waals surface area (Å²) >= 11 is 0. The molecule has 0 fully saturated rings. The smallest absolute Gasteiger partial charge is 0.255 e. The third-order valence-corrected chi connectivity index (χ3v) is 5.27. The number of carbonyl (C=O) groups is 1. The summed E-state index contributed by atoms with van der Waals surface area (Å²) in [6, 6.07) is 14.3. The molecule has 0 aliphatic carbocycles. The molecule has 0 saturated carbocycles. The standard InChI is InChI=1S/C24H22FNO5/c1-29-21-8-5-16(25)13-18(21)24(28)26-19-9-10-31-22-7-4-14(11-17(19)22)15-3-6-20(27)23(12-15)30-2/h3-8,11-13,19,27H,9-10H2,1-2H3,(H,26,28). The fourth-order valence-corrected chi connectivity index (χ4v) is 3.67. The van der Waals surface area contributed by atoms with E-state index in [1.54, 1.807) is 18.2 Å². The van der Waals surface area contributed by atoms with E-state index in [1.165, 1.54) is 26.4 Å². The van der Waals surface area contributed by atoms with Gasteiger partial charge in [-0.2, -0.15) is 0 Å². The van der Waals surface area contributed by atoms with Gasteiger partial charge in [0.05, 0.1) is 32.4 Å². The first-order valence-electron chi connectivity index (χ1n) is 9.78. The Hall–Kier alpha value is -3.74. The highest BCUT2D eigenvalue weighted by Crippen LogP contribution is 2.38. The quantitative estimate of drug-likeness (QED) is 0.633. The van der Waals surface area contributed by atoms with Gasteiger partial charge >= 0.3 is 0 Å². The van der Waals surface area contributed by atoms with E-state index >= 15 is 0 Å². The predicted octanol–water partition coefficient (Wildman–Crippen LogP) is 4.47. The van der Waals surface area contributed by atoms with Gasteiger partial charge in [0, 0.05) is 12.0 Å². The lowest BCUT2D eigenvalue weighted by molar-refractivity contribution is 0.0921. The summed E-state index contributed by atoms with van der Waals surface area (Å²) in [6.07, 6.45) is 0.568. The van der Waals surface area contributed by atoms with Crippen LogP contribution in [-0.4, -0.2) is 31.8 Å². The molecule has 1 aliphatic rings. The molecule has 2 N–H and O–H groups in total. The molecule has 0 spiro atoms. The van der Waals surface area contributed by atoms with Crippen molar-refractivity contribution in [3.05, 3.63) is 71.5 Å². The van der Waals surface area contributed by atoms with E-state index in [0.29, 0.717) is 30.3 Å². The molecular weight excluding hydrogens is 401 g/mol. The van der Waals surface area contributed by atoms with Gasteiger partial charge in [0.25, 0.3) is 5.91 Å². The normalized spacial score (nSPS) is 14.9. The van der Waals surface area contributed by atoms with Crippen LogP contribution in [0, 0.1) is 5.82 Å². The molecule has 0 radical (unpaired) electrons. The van der Waals surface area contributed by atoms with Gasteiger partial charge in [0.1, 0.15) is 17.3 Å². The number of nitrogens with one attached hydrogen (secondary N) is 1. The zero-order chi connectivity index (χ0) is 22.0. The van der Waals surface area contributed by atoms with Crippen molar-refractivity contribution in [2.24, 2.45) is 0 Å². The second-order valence-corrected chi connectivity index (χ2v) is 7.15. The van der Waals surface area contributed by atoms with E-state index in [1.807, 2.05) is 18.2 Å². The number of hydrogen-bond donors (Lipinski definition) is 2. The van der Waals surface area contributed by atoms with E-state index < -0.39 is 11.7 Å². The third kappa shape index (κ3) is 4.12. The Balaban J connectivity index is 1.65. The number of hydrogen-bond acceptors (Lipinski definition) is 5. The van der Waals surface area contributed by atoms with E-state index in [0.717, 1.165) is 22.8 Å². The second kappa shape index (κ2) is 8.55. The van der Waals surface area contributed by atoms with Crippen molar-refractivity contribution < 1.29 is 28.5 Å². The molecule has 1 amide bonds. The van der Waals surface area contributed by atoms with Crippen molar-refractivity contribution >= 4 is 5.91 Å². The van der Waals surface area contributed by atoms with Gasteiger partial charge in [-0.25, -0.2) is 4.39 Å². The van der Waals surface area contributed by atoms with Crippen LogP contribution < -0.4 is 19.5 Å². The van der Waals surface area contributed by atoms with Crippen molar-refractivity contribution in [1.29, 1.82) is 0 Å². The minimum Gasteiger partial charge on any atom is -0.504 e. The van der Waals surface area contributed by atoms with Gasteiger partial charge in [-0.1, -0.05) is 12.1 Å². The van der Waals surface area contributed by atoms with E-state index in [-0.39, 0.29) is 17.4 Å². The number of fused-ring (bicyclic) bond motifs is 1.